The van der Waals surface area contributed by atoms with Gasteiger partial charge in [0.2, 0.25) is 0 Å². The summed E-state index contributed by atoms with van der Waals surface area (Å²) in [6, 6.07) is 7.89. The molecule has 0 saturated heterocycles. The van der Waals surface area contributed by atoms with Gasteiger partial charge < -0.3 is 0 Å². The van der Waals surface area contributed by atoms with Crippen molar-refractivity contribution in [2.75, 3.05) is 0 Å². The Morgan fingerprint density at radius 3 is 2.50 bits per heavy atom. The Labute approximate surface area is 102 Å². The van der Waals surface area contributed by atoms with Crippen molar-refractivity contribution in [3.05, 3.63) is 57.6 Å². The summed E-state index contributed by atoms with van der Waals surface area (Å²) in [5, 5.41) is 8.24. The molecule has 2 aromatic rings. The monoisotopic (exact) mass is 256 g/mol. The van der Waals surface area contributed by atoms with Gasteiger partial charge >= 0.3 is 0 Å². The lowest BCUT2D eigenvalue weighted by Gasteiger charge is -2.02. The van der Waals surface area contributed by atoms with Crippen LogP contribution in [0.3, 0.4) is 0 Å². The Balaban J connectivity index is 2.23. The molecule has 0 aliphatic carbocycles. The Morgan fingerprint density at radius 1 is 1.06 bits per heavy atom. The van der Waals surface area contributed by atoms with Gasteiger partial charge in [-0.15, -0.1) is 5.10 Å². The molecule has 0 radical (unpaired) electrons. The molecule has 16 heavy (non-hydrogen) atoms. The smallest absolute Gasteiger partial charge is 0.151 e. The largest absolute Gasteiger partial charge is 0.207 e. The van der Waals surface area contributed by atoms with Crippen LogP contribution in [-0.2, 0) is 6.42 Å². The predicted molar refractivity (Wildman–Crippen MR) is 61.3 cm³/mol. The third-order valence-electron chi connectivity index (χ3n) is 2.07. The molecule has 1 aromatic heterocycles. The van der Waals surface area contributed by atoms with E-state index in [-0.39, 0.29) is 5.82 Å². The summed E-state index contributed by atoms with van der Waals surface area (Å²) in [7, 11) is 0. The van der Waals surface area contributed by atoms with E-state index in [2.05, 4.69) is 10.2 Å². The molecule has 2 nitrogen and oxygen atoms in total. The van der Waals surface area contributed by atoms with Gasteiger partial charge in [0.15, 0.2) is 5.15 Å². The van der Waals surface area contributed by atoms with Crippen LogP contribution in [-0.4, -0.2) is 10.2 Å². The van der Waals surface area contributed by atoms with Crippen molar-refractivity contribution in [2.24, 2.45) is 0 Å². The number of hydrogen-bond donors (Lipinski definition) is 0. The summed E-state index contributed by atoms with van der Waals surface area (Å²) in [6.45, 7) is 0. The topological polar surface area (TPSA) is 25.8 Å². The normalized spacial score (nSPS) is 10.4. The van der Waals surface area contributed by atoms with Crippen molar-refractivity contribution in [1.82, 2.24) is 10.2 Å². The Kier molecular flexibility index (Phi) is 3.36. The lowest BCUT2D eigenvalue weighted by atomic mass is 10.1. The van der Waals surface area contributed by atoms with Gasteiger partial charge in [0.05, 0.1) is 5.69 Å². The highest BCUT2D eigenvalue weighted by molar-refractivity contribution is 6.30. The molecule has 0 unspecified atom stereocenters. The van der Waals surface area contributed by atoms with Crippen LogP contribution in [0.1, 0.15) is 11.3 Å². The molecule has 2 rings (SSSR count). The Bertz CT molecular complexity index is 500. The van der Waals surface area contributed by atoms with Crippen LogP contribution in [0.25, 0.3) is 0 Å². The molecule has 1 heterocycles. The van der Waals surface area contributed by atoms with Crippen LogP contribution in [0.2, 0.25) is 10.2 Å². The molecule has 82 valence electrons. The summed E-state index contributed by atoms with van der Waals surface area (Å²) < 4.78 is 13.5. The maximum Gasteiger partial charge on any atom is 0.151 e. The van der Waals surface area contributed by atoms with Gasteiger partial charge in [-0.1, -0.05) is 29.3 Å². The summed E-state index contributed by atoms with van der Waals surface area (Å²) in [6.07, 6.45) is 0.368. The maximum atomic E-state index is 13.5. The molecule has 0 fully saturated rings. The third kappa shape index (κ3) is 2.68. The van der Waals surface area contributed by atoms with Gasteiger partial charge in [-0.3, -0.25) is 0 Å². The molecule has 0 bridgehead atoms. The van der Waals surface area contributed by atoms with E-state index in [4.69, 9.17) is 23.2 Å². The molecular formula is C11H7Cl2FN2. The molecule has 0 saturated carbocycles. The minimum atomic E-state index is -0.343. The second kappa shape index (κ2) is 4.76. The molecule has 0 N–H and O–H groups in total. The third-order valence-corrected chi connectivity index (χ3v) is 2.51. The van der Waals surface area contributed by atoms with Crippen LogP contribution in [0.15, 0.2) is 30.3 Å². The fraction of sp³-hybridized carbons (Fsp3) is 0.0909. The Morgan fingerprint density at radius 2 is 1.88 bits per heavy atom. The highest BCUT2D eigenvalue weighted by Gasteiger charge is 2.05. The fourth-order valence-corrected chi connectivity index (χ4v) is 1.56. The van der Waals surface area contributed by atoms with E-state index in [0.717, 1.165) is 0 Å². The molecule has 0 aliphatic heterocycles. The van der Waals surface area contributed by atoms with Crippen molar-refractivity contribution in [1.29, 1.82) is 0 Å². The van der Waals surface area contributed by atoms with Crippen LogP contribution in [0.4, 0.5) is 4.39 Å². The molecule has 0 atom stereocenters. The van der Waals surface area contributed by atoms with E-state index in [0.29, 0.717) is 27.9 Å². The average Bonchev–Trinajstić information content (AvgIpc) is 2.25. The van der Waals surface area contributed by atoms with Gasteiger partial charge in [0.1, 0.15) is 5.82 Å². The molecule has 0 aliphatic rings. The molecule has 1 aromatic carbocycles. The van der Waals surface area contributed by atoms with E-state index in [9.17, 15) is 4.39 Å². The van der Waals surface area contributed by atoms with Gasteiger partial charge in [-0.25, -0.2) is 4.39 Å². The van der Waals surface area contributed by atoms with E-state index in [1.54, 1.807) is 24.3 Å². The van der Waals surface area contributed by atoms with Gasteiger partial charge in [0.25, 0.3) is 0 Å². The number of rotatable bonds is 2. The minimum absolute atomic E-state index is 0.320. The van der Waals surface area contributed by atoms with Gasteiger partial charge in [-0.05, 0) is 29.8 Å². The second-order valence-electron chi connectivity index (χ2n) is 3.26. The first kappa shape index (κ1) is 11.3. The van der Waals surface area contributed by atoms with Crippen LogP contribution >= 0.6 is 23.2 Å². The number of halogens is 3. The summed E-state index contributed by atoms with van der Waals surface area (Å²) in [5.41, 5.74) is 1.19. The lowest BCUT2D eigenvalue weighted by molar-refractivity contribution is 0.613. The average molecular weight is 257 g/mol. The zero-order valence-electron chi connectivity index (χ0n) is 8.12. The molecule has 0 amide bonds. The van der Waals surface area contributed by atoms with Gasteiger partial charge in [-0.2, -0.15) is 5.10 Å². The van der Waals surface area contributed by atoms with Crippen LogP contribution in [0.5, 0.6) is 0 Å². The van der Waals surface area contributed by atoms with Crippen molar-refractivity contribution in [3.8, 4) is 0 Å². The zero-order valence-corrected chi connectivity index (χ0v) is 9.63. The Hall–Kier alpha value is -1.19. The SMILES string of the molecule is Fc1cc(Cl)ccc1Cc1ccc(Cl)nn1. The second-order valence-corrected chi connectivity index (χ2v) is 4.08. The summed E-state index contributed by atoms with van der Waals surface area (Å²) in [4.78, 5) is 0. The van der Waals surface area contributed by atoms with Crippen molar-refractivity contribution >= 4 is 23.2 Å². The van der Waals surface area contributed by atoms with Crippen molar-refractivity contribution < 1.29 is 4.39 Å². The highest BCUT2D eigenvalue weighted by atomic mass is 35.5. The number of benzene rings is 1. The number of aromatic nitrogens is 2. The van der Waals surface area contributed by atoms with Gasteiger partial charge in [0, 0.05) is 11.4 Å². The lowest BCUT2D eigenvalue weighted by Crippen LogP contribution is -1.96. The first-order chi connectivity index (χ1) is 7.65. The molecule has 0 spiro atoms. The minimum Gasteiger partial charge on any atom is -0.207 e. The predicted octanol–water partition coefficient (Wildman–Crippen LogP) is 3.51. The van der Waals surface area contributed by atoms with E-state index in [1.807, 2.05) is 0 Å². The molecule has 5 heteroatoms. The van der Waals surface area contributed by atoms with E-state index >= 15 is 0 Å². The first-order valence-electron chi connectivity index (χ1n) is 4.57. The first-order valence-corrected chi connectivity index (χ1v) is 5.33. The fourth-order valence-electron chi connectivity index (χ4n) is 1.30. The standard InChI is InChI=1S/C11H7Cl2FN2/c12-8-2-1-7(10(14)6-8)5-9-3-4-11(13)16-15-9/h1-4,6H,5H2. The highest BCUT2D eigenvalue weighted by Crippen LogP contribution is 2.17. The zero-order chi connectivity index (χ0) is 11.5. The van der Waals surface area contributed by atoms with Crippen molar-refractivity contribution in [3.63, 3.8) is 0 Å². The number of hydrogen-bond acceptors (Lipinski definition) is 2. The van der Waals surface area contributed by atoms with E-state index in [1.165, 1.54) is 6.07 Å². The van der Waals surface area contributed by atoms with Crippen LogP contribution < -0.4 is 0 Å². The van der Waals surface area contributed by atoms with Crippen molar-refractivity contribution in [2.45, 2.75) is 6.42 Å². The number of nitrogens with zero attached hydrogens (tertiary/aromatic N) is 2. The quantitative estimate of drug-likeness (QED) is 0.822. The summed E-state index contributed by atoms with van der Waals surface area (Å²) >= 11 is 11.3. The van der Waals surface area contributed by atoms with Crippen LogP contribution in [0, 0.1) is 5.82 Å². The maximum absolute atomic E-state index is 13.5. The molecular weight excluding hydrogens is 250 g/mol. The summed E-state index contributed by atoms with van der Waals surface area (Å²) in [5.74, 6) is -0.343. The van der Waals surface area contributed by atoms with E-state index < -0.39 is 0 Å².